The lowest BCUT2D eigenvalue weighted by Gasteiger charge is -2.08. The van der Waals surface area contributed by atoms with Crippen LogP contribution in [0.4, 0.5) is 0 Å². The molecule has 0 aliphatic rings. The monoisotopic (exact) mass is 326 g/mol. The van der Waals surface area contributed by atoms with Crippen molar-refractivity contribution < 1.29 is 19.1 Å². The average Bonchev–Trinajstić information content (AvgIpc) is 2.67. The largest absolute Gasteiger partial charge is 0.490 e. The smallest absolute Gasteiger partial charge is 0.338 e. The van der Waals surface area contributed by atoms with Gasteiger partial charge in [0.1, 0.15) is 12.4 Å². The number of hydrogen-bond donors (Lipinski definition) is 0. The lowest BCUT2D eigenvalue weighted by atomic mass is 9.98. The van der Waals surface area contributed by atoms with Crippen LogP contribution in [0.5, 0.6) is 5.75 Å². The van der Waals surface area contributed by atoms with Crippen LogP contribution in [0.3, 0.4) is 0 Å². The molecule has 0 radical (unpaired) electrons. The van der Waals surface area contributed by atoms with Crippen molar-refractivity contribution in [3.63, 3.8) is 0 Å². The summed E-state index contributed by atoms with van der Waals surface area (Å²) in [7, 11) is 1.29. The van der Waals surface area contributed by atoms with Gasteiger partial charge in [-0.15, -0.1) is 0 Å². The zero-order valence-electron chi connectivity index (χ0n) is 14.2. The number of rotatable bonds is 6. The zero-order chi connectivity index (χ0) is 17.9. The average molecular weight is 326 g/mol. The normalized spacial score (nSPS) is 9.29. The molecular weight excluding hydrogens is 304 g/mol. The Labute approximate surface area is 142 Å². The van der Waals surface area contributed by atoms with Crippen molar-refractivity contribution in [1.82, 2.24) is 0 Å². The third kappa shape index (κ3) is 4.81. The first-order valence-corrected chi connectivity index (χ1v) is 7.73. The number of benzene rings is 2. The van der Waals surface area contributed by atoms with Crippen LogP contribution in [0.15, 0.2) is 61.2 Å². The standard InChI is InChI=1S/C18H16O4.C2H6/c1-3-11-22-14-8-6-7-13(12-14)17(19)15-9-4-5-10-16(15)18(20)21-2;1-2/h3-10,12H,1,11H2,2H3;1-2H3. The highest BCUT2D eigenvalue weighted by Crippen LogP contribution is 2.19. The third-order valence-electron chi connectivity index (χ3n) is 3.04. The van der Waals surface area contributed by atoms with Crippen molar-refractivity contribution in [2.24, 2.45) is 0 Å². The molecule has 0 fully saturated rings. The molecule has 0 saturated carbocycles. The number of methoxy groups -OCH3 is 1. The fourth-order valence-electron chi connectivity index (χ4n) is 2.01. The van der Waals surface area contributed by atoms with E-state index in [-0.39, 0.29) is 11.3 Å². The van der Waals surface area contributed by atoms with Gasteiger partial charge >= 0.3 is 5.97 Å². The van der Waals surface area contributed by atoms with E-state index < -0.39 is 5.97 Å². The van der Waals surface area contributed by atoms with Gasteiger partial charge in [-0.3, -0.25) is 4.79 Å². The first-order valence-electron chi connectivity index (χ1n) is 7.73. The maximum absolute atomic E-state index is 12.6. The SMILES string of the molecule is C=CCOc1cccc(C(=O)c2ccccc2C(=O)OC)c1.CC. The molecule has 0 aliphatic carbocycles. The molecule has 0 amide bonds. The van der Waals surface area contributed by atoms with Gasteiger partial charge in [0.15, 0.2) is 5.78 Å². The summed E-state index contributed by atoms with van der Waals surface area (Å²) in [6.07, 6.45) is 1.63. The van der Waals surface area contributed by atoms with Gasteiger partial charge in [-0.1, -0.05) is 56.8 Å². The summed E-state index contributed by atoms with van der Waals surface area (Å²) in [5, 5.41) is 0. The minimum absolute atomic E-state index is 0.243. The minimum Gasteiger partial charge on any atom is -0.490 e. The van der Waals surface area contributed by atoms with Crippen LogP contribution < -0.4 is 4.74 Å². The lowest BCUT2D eigenvalue weighted by molar-refractivity contribution is 0.0597. The molecule has 0 heterocycles. The zero-order valence-corrected chi connectivity index (χ0v) is 14.2. The molecule has 2 aromatic rings. The Hall–Kier alpha value is -2.88. The highest BCUT2D eigenvalue weighted by molar-refractivity contribution is 6.14. The quantitative estimate of drug-likeness (QED) is 0.451. The predicted molar refractivity (Wildman–Crippen MR) is 94.7 cm³/mol. The third-order valence-corrected chi connectivity index (χ3v) is 3.04. The van der Waals surface area contributed by atoms with E-state index in [0.717, 1.165) is 0 Å². The fraction of sp³-hybridized carbons (Fsp3) is 0.200. The van der Waals surface area contributed by atoms with Gasteiger partial charge in [-0.2, -0.15) is 0 Å². The molecule has 4 heteroatoms. The Kier molecular flexibility index (Phi) is 7.99. The Bertz CT molecular complexity index is 704. The minimum atomic E-state index is -0.539. The molecule has 4 nitrogen and oxygen atoms in total. The maximum atomic E-state index is 12.6. The Balaban J connectivity index is 0.00000139. The van der Waals surface area contributed by atoms with Crippen molar-refractivity contribution >= 4 is 11.8 Å². The van der Waals surface area contributed by atoms with Crippen LogP contribution in [0, 0.1) is 0 Å². The first kappa shape index (κ1) is 19.2. The van der Waals surface area contributed by atoms with Crippen molar-refractivity contribution in [1.29, 1.82) is 0 Å². The van der Waals surface area contributed by atoms with Gasteiger partial charge in [0.25, 0.3) is 0 Å². The van der Waals surface area contributed by atoms with Gasteiger partial charge in [0, 0.05) is 11.1 Å². The molecule has 2 rings (SSSR count). The van der Waals surface area contributed by atoms with Crippen molar-refractivity contribution in [2.75, 3.05) is 13.7 Å². The van der Waals surface area contributed by atoms with Crippen LogP contribution in [0.25, 0.3) is 0 Å². The summed E-state index contributed by atoms with van der Waals surface area (Å²) in [6, 6.07) is 13.4. The van der Waals surface area contributed by atoms with E-state index in [4.69, 9.17) is 9.47 Å². The van der Waals surface area contributed by atoms with Gasteiger partial charge in [0.05, 0.1) is 12.7 Å². The van der Waals surface area contributed by atoms with Gasteiger partial charge in [0.2, 0.25) is 0 Å². The second-order valence-corrected chi connectivity index (χ2v) is 4.49. The Morgan fingerprint density at radius 3 is 2.33 bits per heavy atom. The number of hydrogen-bond acceptors (Lipinski definition) is 4. The van der Waals surface area contributed by atoms with Crippen LogP contribution in [0.2, 0.25) is 0 Å². The molecule has 0 spiro atoms. The first-order chi connectivity index (χ1) is 11.7. The van der Waals surface area contributed by atoms with Crippen molar-refractivity contribution in [2.45, 2.75) is 13.8 Å². The number of carbonyl (C=O) groups excluding carboxylic acids is 2. The Morgan fingerprint density at radius 2 is 1.71 bits per heavy atom. The van der Waals surface area contributed by atoms with Crippen molar-refractivity contribution in [3.05, 3.63) is 77.9 Å². The summed E-state index contributed by atoms with van der Waals surface area (Å²) < 4.78 is 10.1. The van der Waals surface area contributed by atoms with Crippen LogP contribution in [0.1, 0.15) is 40.1 Å². The highest BCUT2D eigenvalue weighted by Gasteiger charge is 2.18. The van der Waals surface area contributed by atoms with Crippen LogP contribution >= 0.6 is 0 Å². The van der Waals surface area contributed by atoms with Crippen molar-refractivity contribution in [3.8, 4) is 5.75 Å². The molecular formula is C20H22O4. The summed E-state index contributed by atoms with van der Waals surface area (Å²) in [6.45, 7) is 7.94. The summed E-state index contributed by atoms with van der Waals surface area (Å²) in [4.78, 5) is 24.4. The molecule has 24 heavy (non-hydrogen) atoms. The molecule has 0 atom stereocenters. The van der Waals surface area contributed by atoms with Crippen LogP contribution in [-0.4, -0.2) is 25.5 Å². The Morgan fingerprint density at radius 1 is 1.04 bits per heavy atom. The highest BCUT2D eigenvalue weighted by atomic mass is 16.5. The summed E-state index contributed by atoms with van der Waals surface area (Å²) >= 11 is 0. The fourth-order valence-corrected chi connectivity index (χ4v) is 2.01. The molecule has 0 saturated heterocycles. The molecule has 0 N–H and O–H groups in total. The van der Waals surface area contributed by atoms with E-state index in [1.165, 1.54) is 7.11 Å². The van der Waals surface area contributed by atoms with E-state index in [9.17, 15) is 9.59 Å². The molecule has 0 aliphatic heterocycles. The molecule has 126 valence electrons. The van der Waals surface area contributed by atoms with Gasteiger partial charge in [-0.05, 0) is 18.2 Å². The molecule has 0 bridgehead atoms. The maximum Gasteiger partial charge on any atom is 0.338 e. The molecule has 0 aromatic heterocycles. The summed E-state index contributed by atoms with van der Waals surface area (Å²) in [5.74, 6) is -0.227. The lowest BCUT2D eigenvalue weighted by Crippen LogP contribution is -2.11. The van der Waals surface area contributed by atoms with E-state index in [1.54, 1.807) is 54.6 Å². The second kappa shape index (κ2) is 10.0. The van der Waals surface area contributed by atoms with Gasteiger partial charge < -0.3 is 9.47 Å². The number of carbonyl (C=O) groups is 2. The second-order valence-electron chi connectivity index (χ2n) is 4.49. The summed E-state index contributed by atoms with van der Waals surface area (Å²) in [5.41, 5.74) is 0.987. The van der Waals surface area contributed by atoms with E-state index in [1.807, 2.05) is 13.8 Å². The number of ether oxygens (including phenoxy) is 2. The van der Waals surface area contributed by atoms with Gasteiger partial charge in [-0.25, -0.2) is 4.79 Å². The predicted octanol–water partition coefficient (Wildman–Crippen LogP) is 4.30. The van der Waals surface area contributed by atoms with E-state index in [0.29, 0.717) is 23.5 Å². The molecule has 2 aromatic carbocycles. The van der Waals surface area contributed by atoms with E-state index in [2.05, 4.69) is 6.58 Å². The van der Waals surface area contributed by atoms with Crippen LogP contribution in [-0.2, 0) is 4.74 Å². The van der Waals surface area contributed by atoms with E-state index >= 15 is 0 Å². The number of ketones is 1. The number of esters is 1. The molecule has 0 unspecified atom stereocenters. The topological polar surface area (TPSA) is 52.6 Å².